The number of carbonyl (C=O) groups is 2. The number of rotatable bonds is 7. The van der Waals surface area contributed by atoms with E-state index < -0.39 is 30.4 Å². The van der Waals surface area contributed by atoms with Crippen LogP contribution in [0.2, 0.25) is 0 Å². The molecule has 1 aliphatic heterocycles. The molecule has 0 amide bonds. The average molecular weight is 738 g/mol. The number of fused-ring (bicyclic) bond motifs is 1. The number of H-pyrrole nitrogens is 1. The smallest absolute Gasteiger partial charge is 0.490 e. The number of hydrogen-bond acceptors (Lipinski definition) is 10. The molecule has 47 heavy (non-hydrogen) atoms. The highest BCUT2D eigenvalue weighted by atomic mass is 79.9. The quantitative estimate of drug-likeness (QED) is 0.201. The Bertz CT molecular complexity index is 1580. The summed E-state index contributed by atoms with van der Waals surface area (Å²) < 4.78 is 70.2. The lowest BCUT2D eigenvalue weighted by molar-refractivity contribution is -0.193. The van der Waals surface area contributed by atoms with Gasteiger partial charge >= 0.3 is 24.3 Å². The number of piperazine rings is 1. The topological polar surface area (TPSA) is 178 Å². The Balaban J connectivity index is 0.000000360. The molecule has 4 heterocycles. The number of aliphatic carboxylic acids is 2. The minimum Gasteiger partial charge on any atom is -0.491 e. The Labute approximate surface area is 270 Å². The number of alkyl halides is 6. The molecule has 254 valence electrons. The van der Waals surface area contributed by atoms with E-state index in [-0.39, 0.29) is 6.61 Å². The second-order valence-corrected chi connectivity index (χ2v) is 10.5. The molecule has 4 N–H and O–H groups in total. The van der Waals surface area contributed by atoms with Crippen LogP contribution >= 0.6 is 15.9 Å². The number of ether oxygens (including phenoxy) is 1. The zero-order valence-corrected chi connectivity index (χ0v) is 25.5. The molecular weight excluding hydrogens is 712 g/mol. The molecule has 0 saturated carbocycles. The first kappa shape index (κ1) is 36.9. The number of aromatic nitrogens is 5. The summed E-state index contributed by atoms with van der Waals surface area (Å²) in [5, 5.41) is 24.7. The van der Waals surface area contributed by atoms with Crippen molar-refractivity contribution in [2.45, 2.75) is 18.5 Å². The molecule has 1 aromatic carbocycles. The van der Waals surface area contributed by atoms with Gasteiger partial charge in [0.25, 0.3) is 0 Å². The van der Waals surface area contributed by atoms with Crippen molar-refractivity contribution < 1.29 is 56.0 Å². The molecule has 0 aliphatic carbocycles. The van der Waals surface area contributed by atoms with Crippen LogP contribution in [-0.2, 0) is 9.59 Å². The fourth-order valence-corrected chi connectivity index (χ4v) is 4.19. The van der Waals surface area contributed by atoms with Gasteiger partial charge in [0.1, 0.15) is 35.6 Å². The van der Waals surface area contributed by atoms with Gasteiger partial charge in [-0.2, -0.15) is 26.3 Å². The van der Waals surface area contributed by atoms with E-state index in [1.165, 1.54) is 0 Å². The van der Waals surface area contributed by atoms with Crippen LogP contribution in [0.1, 0.15) is 0 Å². The Kier molecular flexibility index (Phi) is 12.8. The molecule has 1 unspecified atom stereocenters. The summed E-state index contributed by atoms with van der Waals surface area (Å²) in [6.07, 6.45) is -3.81. The van der Waals surface area contributed by atoms with E-state index in [1.54, 1.807) is 24.8 Å². The predicted molar refractivity (Wildman–Crippen MR) is 157 cm³/mol. The lowest BCUT2D eigenvalue weighted by Crippen LogP contribution is -2.49. The fourth-order valence-electron chi connectivity index (χ4n) is 3.87. The maximum atomic E-state index is 10.6. The van der Waals surface area contributed by atoms with Crippen LogP contribution in [0.15, 0.2) is 59.6 Å². The van der Waals surface area contributed by atoms with Gasteiger partial charge in [0.15, 0.2) is 5.65 Å². The monoisotopic (exact) mass is 737 g/mol. The second-order valence-electron chi connectivity index (χ2n) is 9.55. The lowest BCUT2D eigenvalue weighted by Gasteiger charge is -2.36. The number of anilines is 1. The normalized spacial score (nSPS) is 14.3. The SMILES string of the molecule is O=C(O)C(F)(F)F.O=C(O)C(F)(F)F.OC(COc1ccc(-c2nc3cc(Br)cnc3[nH]2)cc1)CN1CCN(c2cnccn2)CC1. The first-order chi connectivity index (χ1) is 22.0. The van der Waals surface area contributed by atoms with Crippen molar-refractivity contribution in [1.29, 1.82) is 0 Å². The third-order valence-corrected chi connectivity index (χ3v) is 6.51. The summed E-state index contributed by atoms with van der Waals surface area (Å²) in [5.74, 6) is -3.15. The first-order valence-corrected chi connectivity index (χ1v) is 14.1. The van der Waals surface area contributed by atoms with Crippen LogP contribution < -0.4 is 9.64 Å². The average Bonchev–Trinajstić information content (AvgIpc) is 3.44. The molecule has 0 spiro atoms. The Hall–Kier alpha value is -4.56. The number of hydrogen-bond donors (Lipinski definition) is 4. The molecular formula is C27H26BrF6N7O6. The summed E-state index contributed by atoms with van der Waals surface area (Å²) in [6, 6.07) is 9.59. The number of pyridine rings is 1. The maximum Gasteiger partial charge on any atom is 0.490 e. The molecule has 1 atom stereocenters. The number of carboxylic acids is 2. The van der Waals surface area contributed by atoms with Crippen LogP contribution in [0.25, 0.3) is 22.6 Å². The molecule has 0 radical (unpaired) electrons. The number of aliphatic hydroxyl groups excluding tert-OH is 1. The van der Waals surface area contributed by atoms with Gasteiger partial charge in [-0.15, -0.1) is 0 Å². The summed E-state index contributed by atoms with van der Waals surface area (Å²) >= 11 is 3.42. The summed E-state index contributed by atoms with van der Waals surface area (Å²) in [7, 11) is 0. The van der Waals surface area contributed by atoms with E-state index >= 15 is 0 Å². The van der Waals surface area contributed by atoms with Crippen molar-refractivity contribution in [3.8, 4) is 17.1 Å². The highest BCUT2D eigenvalue weighted by Crippen LogP contribution is 2.24. The molecule has 5 rings (SSSR count). The van der Waals surface area contributed by atoms with E-state index in [0.717, 1.165) is 59.0 Å². The standard InChI is InChI=1S/C23H24BrN7O2.2C2HF3O2/c24-17-11-20-23(27-12-17)29-22(28-20)16-1-3-19(4-2-16)33-15-18(32)14-30-7-9-31(10-8-30)21-13-25-5-6-26-21;2*3-2(4,5)1(6)7/h1-6,11-13,18,32H,7-10,14-15H2,(H,27,28,29);2*(H,6,7). The maximum absolute atomic E-state index is 10.6. The summed E-state index contributed by atoms with van der Waals surface area (Å²) in [6.45, 7) is 4.28. The molecule has 20 heteroatoms. The lowest BCUT2D eigenvalue weighted by atomic mass is 10.2. The van der Waals surface area contributed by atoms with Crippen LogP contribution in [0.5, 0.6) is 5.75 Å². The van der Waals surface area contributed by atoms with Crippen molar-refractivity contribution in [2.75, 3.05) is 44.2 Å². The number of imidazole rings is 1. The van der Waals surface area contributed by atoms with Crippen molar-refractivity contribution in [1.82, 2.24) is 29.8 Å². The molecule has 1 aliphatic rings. The predicted octanol–water partition coefficient (Wildman–Crippen LogP) is 4.01. The number of carboxylic acid groups (broad SMARTS) is 2. The molecule has 4 aromatic rings. The van der Waals surface area contributed by atoms with E-state index in [4.69, 9.17) is 24.5 Å². The van der Waals surface area contributed by atoms with Crippen molar-refractivity contribution in [2.24, 2.45) is 0 Å². The Morgan fingerprint density at radius 2 is 1.53 bits per heavy atom. The van der Waals surface area contributed by atoms with Gasteiger partial charge < -0.3 is 29.9 Å². The number of halogens is 7. The third kappa shape index (κ3) is 12.0. The third-order valence-electron chi connectivity index (χ3n) is 6.07. The molecule has 1 saturated heterocycles. The van der Waals surface area contributed by atoms with Gasteiger partial charge in [-0.1, -0.05) is 0 Å². The molecule has 3 aromatic heterocycles. The minimum atomic E-state index is -5.08. The highest BCUT2D eigenvalue weighted by Gasteiger charge is 2.38. The highest BCUT2D eigenvalue weighted by molar-refractivity contribution is 9.10. The van der Waals surface area contributed by atoms with Gasteiger partial charge in [-0.25, -0.2) is 24.5 Å². The van der Waals surface area contributed by atoms with Crippen LogP contribution in [-0.4, -0.2) is 115 Å². The van der Waals surface area contributed by atoms with Gasteiger partial charge in [-0.3, -0.25) is 9.88 Å². The molecule has 1 fully saturated rings. The van der Waals surface area contributed by atoms with Crippen molar-refractivity contribution in [3.63, 3.8) is 0 Å². The van der Waals surface area contributed by atoms with Crippen molar-refractivity contribution >= 4 is 44.9 Å². The first-order valence-electron chi connectivity index (χ1n) is 13.3. The zero-order valence-electron chi connectivity index (χ0n) is 23.9. The van der Waals surface area contributed by atoms with E-state index in [9.17, 15) is 31.4 Å². The van der Waals surface area contributed by atoms with Gasteiger partial charge in [0.05, 0.1) is 6.20 Å². The Morgan fingerprint density at radius 3 is 2.06 bits per heavy atom. The summed E-state index contributed by atoms with van der Waals surface area (Å²) in [4.78, 5) is 42.9. The van der Waals surface area contributed by atoms with Crippen LogP contribution in [0, 0.1) is 0 Å². The number of nitrogens with zero attached hydrogens (tertiary/aromatic N) is 6. The minimum absolute atomic E-state index is 0.242. The number of aromatic amines is 1. The van der Waals surface area contributed by atoms with E-state index in [0.29, 0.717) is 12.3 Å². The molecule has 13 nitrogen and oxygen atoms in total. The fraction of sp³-hybridized carbons (Fsp3) is 0.333. The summed E-state index contributed by atoms with van der Waals surface area (Å²) in [5.41, 5.74) is 2.49. The number of aliphatic hydroxyl groups is 1. The number of nitrogens with one attached hydrogen (secondary N) is 1. The molecule has 0 bridgehead atoms. The second kappa shape index (κ2) is 16.3. The Morgan fingerprint density at radius 1 is 0.936 bits per heavy atom. The number of β-amino-alcohol motifs (C(OH)–C–C–N with tert-alkyl or cyclic N) is 1. The van der Waals surface area contributed by atoms with E-state index in [1.807, 2.05) is 30.3 Å². The van der Waals surface area contributed by atoms with Gasteiger partial charge in [0, 0.05) is 61.4 Å². The van der Waals surface area contributed by atoms with Crippen molar-refractivity contribution in [3.05, 3.63) is 59.6 Å². The van der Waals surface area contributed by atoms with Crippen LogP contribution in [0.4, 0.5) is 32.2 Å². The van der Waals surface area contributed by atoms with E-state index in [2.05, 4.69) is 50.6 Å². The zero-order chi connectivity index (χ0) is 34.8. The largest absolute Gasteiger partial charge is 0.491 e. The van der Waals surface area contributed by atoms with Gasteiger partial charge in [-0.05, 0) is 46.3 Å². The number of benzene rings is 1. The van der Waals surface area contributed by atoms with Crippen LogP contribution in [0.3, 0.4) is 0 Å². The van der Waals surface area contributed by atoms with Gasteiger partial charge in [0.2, 0.25) is 0 Å².